The molecule has 5 rings (SSSR count). The van der Waals surface area contributed by atoms with Crippen LogP contribution in [0.4, 0.5) is 5.82 Å². The molecule has 2 aromatic carbocycles. The zero-order valence-electron chi connectivity index (χ0n) is 16.5. The third-order valence-electron chi connectivity index (χ3n) is 5.56. The van der Waals surface area contributed by atoms with Crippen LogP contribution in [0.2, 0.25) is 0 Å². The second-order valence-corrected chi connectivity index (χ2v) is 7.70. The second-order valence-electron chi connectivity index (χ2n) is 7.70. The van der Waals surface area contributed by atoms with Crippen LogP contribution in [0.25, 0.3) is 11.3 Å². The van der Waals surface area contributed by atoms with E-state index in [2.05, 4.69) is 29.6 Å². The van der Waals surface area contributed by atoms with Crippen LogP contribution in [0.1, 0.15) is 28.9 Å². The lowest BCUT2D eigenvalue weighted by Crippen LogP contribution is -2.43. The van der Waals surface area contributed by atoms with Crippen LogP contribution in [-0.4, -0.2) is 22.0 Å². The second kappa shape index (κ2) is 7.59. The van der Waals surface area contributed by atoms with E-state index in [0.717, 1.165) is 29.1 Å². The summed E-state index contributed by atoms with van der Waals surface area (Å²) in [6.45, 7) is 0. The number of rotatable bonds is 5. The Bertz CT molecular complexity index is 1170. The van der Waals surface area contributed by atoms with Gasteiger partial charge >= 0.3 is 11.7 Å². The number of aromatic nitrogens is 2. The predicted octanol–water partition coefficient (Wildman–Crippen LogP) is 4.04. The minimum absolute atomic E-state index is 0.0366. The van der Waals surface area contributed by atoms with E-state index in [-0.39, 0.29) is 17.7 Å². The summed E-state index contributed by atoms with van der Waals surface area (Å²) in [4.78, 5) is 18.1. The lowest BCUT2D eigenvalue weighted by atomic mass is 10.1. The fraction of sp³-hybridized carbons (Fsp3) is 0.160. The van der Waals surface area contributed by atoms with E-state index in [9.17, 15) is 9.90 Å². The van der Waals surface area contributed by atoms with E-state index in [1.165, 1.54) is 5.57 Å². The molecule has 0 fully saturated rings. The van der Waals surface area contributed by atoms with Gasteiger partial charge in [-0.2, -0.15) is 4.57 Å². The van der Waals surface area contributed by atoms with Gasteiger partial charge in [-0.05, 0) is 36.2 Å². The monoisotopic (exact) mass is 396 g/mol. The Morgan fingerprint density at radius 1 is 1.10 bits per heavy atom. The van der Waals surface area contributed by atoms with Gasteiger partial charge in [0.2, 0.25) is 0 Å². The van der Waals surface area contributed by atoms with Gasteiger partial charge in [0.25, 0.3) is 0 Å². The van der Waals surface area contributed by atoms with Gasteiger partial charge in [-0.15, -0.1) is 0 Å². The molecular weight excluding hydrogens is 374 g/mol. The highest BCUT2D eigenvalue weighted by Crippen LogP contribution is 2.27. The number of anilines is 1. The fourth-order valence-electron chi connectivity index (χ4n) is 4.00. The number of hydrogen-bond acceptors (Lipinski definition) is 4. The van der Waals surface area contributed by atoms with Gasteiger partial charge in [-0.1, -0.05) is 54.1 Å². The summed E-state index contributed by atoms with van der Waals surface area (Å²) < 4.78 is 1.71. The average Bonchev–Trinajstić information content (AvgIpc) is 3.38. The Labute approximate surface area is 175 Å². The average molecular weight is 396 g/mol. The number of nitrogens with one attached hydrogen (secondary N) is 1. The molecule has 5 nitrogen and oxygen atoms in total. The Hall–Kier alpha value is -3.73. The molecule has 30 heavy (non-hydrogen) atoms. The van der Waals surface area contributed by atoms with E-state index >= 15 is 0 Å². The van der Waals surface area contributed by atoms with Crippen molar-refractivity contribution in [3.8, 4) is 17.0 Å². The number of benzene rings is 2. The summed E-state index contributed by atoms with van der Waals surface area (Å²) in [6, 6.07) is 16.7. The number of hydrogen-bond donors (Lipinski definition) is 2. The molecule has 0 spiro atoms. The van der Waals surface area contributed by atoms with Gasteiger partial charge in [0.1, 0.15) is 23.3 Å². The molecule has 0 saturated carbocycles. The van der Waals surface area contributed by atoms with E-state index in [4.69, 9.17) is 4.98 Å². The van der Waals surface area contributed by atoms with Gasteiger partial charge in [0.05, 0.1) is 0 Å². The maximum atomic E-state index is 13.2. The summed E-state index contributed by atoms with van der Waals surface area (Å²) in [5, 5.41) is 13.1. The summed E-state index contributed by atoms with van der Waals surface area (Å²) in [7, 11) is 0. The number of fused-ring (bicyclic) bond motifs is 1. The van der Waals surface area contributed by atoms with Crippen molar-refractivity contribution in [3.63, 3.8) is 0 Å². The van der Waals surface area contributed by atoms with Crippen molar-refractivity contribution < 1.29 is 14.5 Å². The van der Waals surface area contributed by atoms with Crippen molar-refractivity contribution in [2.45, 2.75) is 25.3 Å². The fourth-order valence-corrected chi connectivity index (χ4v) is 4.00. The molecule has 1 aliphatic carbocycles. The number of phenols is 1. The first-order valence-corrected chi connectivity index (χ1v) is 10.1. The SMILES string of the molecule is O=C1C(CC2=CC=CC2)Nc2c(Cc3ccccc3)nc(-c3ccc(O)cc3)c[n+]21. The van der Waals surface area contributed by atoms with Crippen LogP contribution in [0.5, 0.6) is 5.75 Å². The molecule has 148 valence electrons. The maximum Gasteiger partial charge on any atom is 0.359 e. The smallest absolute Gasteiger partial charge is 0.359 e. The Morgan fingerprint density at radius 3 is 2.63 bits per heavy atom. The zero-order chi connectivity index (χ0) is 20.5. The van der Waals surface area contributed by atoms with Crippen LogP contribution >= 0.6 is 0 Å². The molecule has 2 N–H and O–H groups in total. The molecule has 2 aliphatic rings. The highest BCUT2D eigenvalue weighted by molar-refractivity contribution is 5.83. The van der Waals surface area contributed by atoms with Crippen molar-refractivity contribution in [2.24, 2.45) is 0 Å². The highest BCUT2D eigenvalue weighted by atomic mass is 16.3. The van der Waals surface area contributed by atoms with Gasteiger partial charge in [0, 0.05) is 18.4 Å². The molecule has 1 atom stereocenters. The van der Waals surface area contributed by atoms with Crippen molar-refractivity contribution >= 4 is 11.7 Å². The quantitative estimate of drug-likeness (QED) is 0.639. The Balaban J connectivity index is 1.55. The Kier molecular flexibility index (Phi) is 4.64. The number of allylic oxidation sites excluding steroid dienone is 3. The summed E-state index contributed by atoms with van der Waals surface area (Å²) in [5.74, 6) is 1.01. The van der Waals surface area contributed by atoms with Crippen molar-refractivity contribution in [1.82, 2.24) is 4.98 Å². The number of carbonyl (C=O) groups is 1. The van der Waals surface area contributed by atoms with Crippen LogP contribution in [-0.2, 0) is 6.42 Å². The predicted molar refractivity (Wildman–Crippen MR) is 115 cm³/mol. The standard InChI is InChI=1S/C25H21N3O2/c29-20-12-10-19(11-13-20)23-16-28-24(21(26-23)14-17-6-2-1-3-7-17)27-22(25(28)30)15-18-8-4-5-9-18/h1-8,10-13,16,22,29H,9,14-15H2/p+1. The molecule has 1 aliphatic heterocycles. The van der Waals surface area contributed by atoms with E-state index in [1.54, 1.807) is 22.9 Å². The van der Waals surface area contributed by atoms with Gasteiger partial charge < -0.3 is 5.11 Å². The molecule has 5 heteroatoms. The van der Waals surface area contributed by atoms with E-state index in [1.807, 2.05) is 36.4 Å². The minimum Gasteiger partial charge on any atom is -0.508 e. The summed E-state index contributed by atoms with van der Waals surface area (Å²) in [5.41, 5.74) is 4.79. The molecule has 0 radical (unpaired) electrons. The normalized spacial score (nSPS) is 17.0. The Morgan fingerprint density at radius 2 is 1.90 bits per heavy atom. The summed E-state index contributed by atoms with van der Waals surface area (Å²) in [6.07, 6.45) is 10.3. The third-order valence-corrected chi connectivity index (χ3v) is 5.56. The highest BCUT2D eigenvalue weighted by Gasteiger charge is 2.41. The van der Waals surface area contributed by atoms with Crippen LogP contribution in [0.3, 0.4) is 0 Å². The van der Waals surface area contributed by atoms with Crippen molar-refractivity contribution in [1.29, 1.82) is 0 Å². The molecule has 0 amide bonds. The lowest BCUT2D eigenvalue weighted by Gasteiger charge is -2.07. The molecule has 2 heterocycles. The topological polar surface area (TPSA) is 66.1 Å². The number of aromatic hydroxyl groups is 1. The van der Waals surface area contributed by atoms with Crippen molar-refractivity contribution in [2.75, 3.05) is 5.32 Å². The van der Waals surface area contributed by atoms with Crippen LogP contribution < -0.4 is 9.88 Å². The largest absolute Gasteiger partial charge is 0.508 e. The number of nitrogens with zero attached hydrogens (tertiary/aromatic N) is 2. The minimum atomic E-state index is -0.289. The lowest BCUT2D eigenvalue weighted by molar-refractivity contribution is -0.552. The molecule has 3 aromatic rings. The van der Waals surface area contributed by atoms with Crippen molar-refractivity contribution in [3.05, 3.63) is 95.9 Å². The maximum absolute atomic E-state index is 13.2. The third kappa shape index (κ3) is 3.50. The summed E-state index contributed by atoms with van der Waals surface area (Å²) >= 11 is 0. The molecule has 0 bridgehead atoms. The first kappa shape index (κ1) is 18.3. The van der Waals surface area contributed by atoms with Gasteiger partial charge in [-0.3, -0.25) is 5.32 Å². The van der Waals surface area contributed by atoms with E-state index in [0.29, 0.717) is 18.5 Å². The number of phenolic OH excluding ortho intramolecular Hbond substituents is 1. The molecule has 1 aromatic heterocycles. The zero-order valence-corrected chi connectivity index (χ0v) is 16.5. The first-order chi connectivity index (χ1) is 14.7. The van der Waals surface area contributed by atoms with Crippen LogP contribution in [0, 0.1) is 0 Å². The first-order valence-electron chi connectivity index (χ1n) is 10.1. The molecular formula is C25H22N3O2+. The molecule has 1 unspecified atom stereocenters. The van der Waals surface area contributed by atoms with Gasteiger partial charge in [0.15, 0.2) is 6.04 Å². The molecule has 0 saturated heterocycles. The van der Waals surface area contributed by atoms with Crippen LogP contribution in [0.15, 0.2) is 84.6 Å². The van der Waals surface area contributed by atoms with E-state index < -0.39 is 0 Å². The number of carbonyl (C=O) groups excluding carboxylic acids is 1. The van der Waals surface area contributed by atoms with Gasteiger partial charge in [-0.25, -0.2) is 9.78 Å².